The molecule has 0 amide bonds. The minimum absolute atomic E-state index is 0.0208. The van der Waals surface area contributed by atoms with Crippen molar-refractivity contribution in [2.45, 2.75) is 58.0 Å². The number of hydrogen-bond acceptors (Lipinski definition) is 1. The molecule has 0 aromatic heterocycles. The first kappa shape index (κ1) is 16.7. The molecule has 0 aliphatic heterocycles. The van der Waals surface area contributed by atoms with Crippen molar-refractivity contribution in [3.05, 3.63) is 33.6 Å². The lowest BCUT2D eigenvalue weighted by Crippen LogP contribution is -2.21. The molecule has 0 fully saturated rings. The highest BCUT2D eigenvalue weighted by atomic mass is 35.5. The normalized spacial score (nSPS) is 14.4. The lowest BCUT2D eigenvalue weighted by Gasteiger charge is -2.25. The van der Waals surface area contributed by atoms with Crippen LogP contribution < -0.4 is 0 Å². The Hall–Kier alpha value is -0.310. The average Bonchev–Trinajstić information content (AvgIpc) is 2.33. The van der Waals surface area contributed by atoms with E-state index in [1.807, 2.05) is 0 Å². The molecule has 0 saturated carbocycles. The molecule has 0 radical (unpaired) electrons. The van der Waals surface area contributed by atoms with E-state index in [9.17, 15) is 9.50 Å². The predicted octanol–water partition coefficient (Wildman–Crippen LogP) is 5.70. The van der Waals surface area contributed by atoms with Crippen LogP contribution in [0.3, 0.4) is 0 Å². The van der Waals surface area contributed by atoms with Crippen molar-refractivity contribution in [1.29, 1.82) is 0 Å². The largest absolute Gasteiger partial charge is 0.385 e. The van der Waals surface area contributed by atoms with Gasteiger partial charge in [0.05, 0.1) is 10.6 Å². The Bertz CT molecular complexity index is 419. The molecule has 1 aromatic rings. The molecule has 108 valence electrons. The molecule has 1 atom stereocenters. The number of halogens is 3. The zero-order valence-corrected chi connectivity index (χ0v) is 13.0. The number of aliphatic hydroxyl groups is 1. The van der Waals surface area contributed by atoms with Crippen LogP contribution >= 0.6 is 23.2 Å². The van der Waals surface area contributed by atoms with E-state index in [0.717, 1.165) is 19.3 Å². The van der Waals surface area contributed by atoms with Crippen LogP contribution in [-0.4, -0.2) is 5.11 Å². The minimum Gasteiger partial charge on any atom is -0.385 e. The summed E-state index contributed by atoms with van der Waals surface area (Å²) in [6.45, 7) is 3.83. The molecule has 1 nitrogen and oxygen atoms in total. The second-order valence-corrected chi connectivity index (χ2v) is 6.00. The molecule has 1 unspecified atom stereocenters. The van der Waals surface area contributed by atoms with Gasteiger partial charge in [0.15, 0.2) is 0 Å². The standard InChI is InChI=1S/C15H21Cl2FO/c1-3-4-5-6-7-8-15(2,19)11-9-14(18)13(17)10-12(11)16/h9-10,19H,3-8H2,1-2H3. The third-order valence-electron chi connectivity index (χ3n) is 3.36. The molecule has 0 saturated heterocycles. The van der Waals surface area contributed by atoms with Crippen LogP contribution in [0.4, 0.5) is 4.39 Å². The Morgan fingerprint density at radius 3 is 2.37 bits per heavy atom. The number of unbranched alkanes of at least 4 members (excludes halogenated alkanes) is 4. The van der Waals surface area contributed by atoms with Crippen LogP contribution in [0.1, 0.15) is 57.9 Å². The molecule has 0 heterocycles. The number of benzene rings is 1. The Morgan fingerprint density at radius 1 is 1.11 bits per heavy atom. The van der Waals surface area contributed by atoms with E-state index in [1.54, 1.807) is 6.92 Å². The van der Waals surface area contributed by atoms with Gasteiger partial charge in [-0.25, -0.2) is 4.39 Å². The van der Waals surface area contributed by atoms with Crippen molar-refractivity contribution in [3.63, 3.8) is 0 Å². The van der Waals surface area contributed by atoms with Gasteiger partial charge in [0, 0.05) is 10.6 Å². The van der Waals surface area contributed by atoms with Crippen molar-refractivity contribution < 1.29 is 9.50 Å². The van der Waals surface area contributed by atoms with Gasteiger partial charge in [-0.1, -0.05) is 62.2 Å². The van der Waals surface area contributed by atoms with E-state index in [1.165, 1.54) is 25.0 Å². The van der Waals surface area contributed by atoms with Crippen LogP contribution in [-0.2, 0) is 5.60 Å². The lowest BCUT2D eigenvalue weighted by molar-refractivity contribution is 0.0446. The first-order chi connectivity index (χ1) is 8.88. The monoisotopic (exact) mass is 306 g/mol. The summed E-state index contributed by atoms with van der Waals surface area (Å²) >= 11 is 11.7. The Kier molecular flexibility index (Phi) is 6.58. The van der Waals surface area contributed by atoms with Crippen molar-refractivity contribution in [2.24, 2.45) is 0 Å². The fraction of sp³-hybridized carbons (Fsp3) is 0.600. The van der Waals surface area contributed by atoms with E-state index in [-0.39, 0.29) is 5.02 Å². The molecule has 1 N–H and O–H groups in total. The number of hydrogen-bond donors (Lipinski definition) is 1. The van der Waals surface area contributed by atoms with Gasteiger partial charge in [0.2, 0.25) is 0 Å². The van der Waals surface area contributed by atoms with Gasteiger partial charge in [-0.15, -0.1) is 0 Å². The van der Waals surface area contributed by atoms with Gasteiger partial charge < -0.3 is 5.11 Å². The zero-order valence-electron chi connectivity index (χ0n) is 11.5. The first-order valence-corrected chi connectivity index (χ1v) is 7.51. The quantitative estimate of drug-likeness (QED) is 0.506. The second kappa shape index (κ2) is 7.47. The summed E-state index contributed by atoms with van der Waals surface area (Å²) in [5, 5.41) is 10.7. The van der Waals surface area contributed by atoms with Crippen LogP contribution in [0.2, 0.25) is 10.0 Å². The van der Waals surface area contributed by atoms with E-state index in [2.05, 4.69) is 6.92 Å². The summed E-state index contributed by atoms with van der Waals surface area (Å²) in [7, 11) is 0. The topological polar surface area (TPSA) is 20.2 Å². The molecule has 1 aromatic carbocycles. The maximum atomic E-state index is 13.5. The smallest absolute Gasteiger partial charge is 0.142 e. The summed E-state index contributed by atoms with van der Waals surface area (Å²) in [5.41, 5.74) is -0.707. The molecular weight excluding hydrogens is 286 g/mol. The van der Waals surface area contributed by atoms with Crippen molar-refractivity contribution in [2.75, 3.05) is 0 Å². The van der Waals surface area contributed by atoms with Gasteiger partial charge in [-0.3, -0.25) is 0 Å². The van der Waals surface area contributed by atoms with E-state index in [0.29, 0.717) is 17.0 Å². The van der Waals surface area contributed by atoms with Crippen LogP contribution in [0, 0.1) is 5.82 Å². The Morgan fingerprint density at radius 2 is 1.74 bits per heavy atom. The number of rotatable bonds is 7. The first-order valence-electron chi connectivity index (χ1n) is 6.76. The summed E-state index contributed by atoms with van der Waals surface area (Å²) in [5.74, 6) is -0.549. The summed E-state index contributed by atoms with van der Waals surface area (Å²) in [6.07, 6.45) is 6.08. The van der Waals surface area contributed by atoms with Gasteiger partial charge in [0.25, 0.3) is 0 Å². The maximum absolute atomic E-state index is 13.5. The third-order valence-corrected chi connectivity index (χ3v) is 3.96. The Labute approximate surface area is 124 Å². The van der Waals surface area contributed by atoms with Crippen LogP contribution in [0.15, 0.2) is 12.1 Å². The third kappa shape index (κ3) is 4.94. The second-order valence-electron chi connectivity index (χ2n) is 5.18. The molecule has 0 bridgehead atoms. The highest BCUT2D eigenvalue weighted by molar-refractivity contribution is 6.35. The van der Waals surface area contributed by atoms with Crippen molar-refractivity contribution >= 4 is 23.2 Å². The molecule has 1 rings (SSSR count). The van der Waals surface area contributed by atoms with Gasteiger partial charge in [-0.2, -0.15) is 0 Å². The Balaban J connectivity index is 2.68. The summed E-state index contributed by atoms with van der Waals surface area (Å²) in [6, 6.07) is 2.58. The van der Waals surface area contributed by atoms with Crippen molar-refractivity contribution in [1.82, 2.24) is 0 Å². The van der Waals surface area contributed by atoms with Crippen molar-refractivity contribution in [3.8, 4) is 0 Å². The van der Waals surface area contributed by atoms with Gasteiger partial charge >= 0.3 is 0 Å². The average molecular weight is 307 g/mol. The molecule has 4 heteroatoms. The zero-order chi connectivity index (χ0) is 14.5. The lowest BCUT2D eigenvalue weighted by atomic mass is 9.90. The minimum atomic E-state index is -1.12. The fourth-order valence-electron chi connectivity index (χ4n) is 2.14. The molecule has 0 aliphatic carbocycles. The van der Waals surface area contributed by atoms with E-state index < -0.39 is 11.4 Å². The highest BCUT2D eigenvalue weighted by Crippen LogP contribution is 2.35. The van der Waals surface area contributed by atoms with E-state index >= 15 is 0 Å². The van der Waals surface area contributed by atoms with E-state index in [4.69, 9.17) is 23.2 Å². The van der Waals surface area contributed by atoms with Gasteiger partial charge in [-0.05, 0) is 25.5 Å². The van der Waals surface area contributed by atoms with Crippen LogP contribution in [0.5, 0.6) is 0 Å². The van der Waals surface area contributed by atoms with Crippen LogP contribution in [0.25, 0.3) is 0 Å². The molecule has 0 aliphatic rings. The molecule has 19 heavy (non-hydrogen) atoms. The maximum Gasteiger partial charge on any atom is 0.142 e. The highest BCUT2D eigenvalue weighted by Gasteiger charge is 2.26. The SMILES string of the molecule is CCCCCCCC(C)(O)c1cc(F)c(Cl)cc1Cl. The summed E-state index contributed by atoms with van der Waals surface area (Å²) < 4.78 is 13.5. The molecular formula is C15H21Cl2FO. The summed E-state index contributed by atoms with van der Waals surface area (Å²) in [4.78, 5) is 0. The predicted molar refractivity (Wildman–Crippen MR) is 79.4 cm³/mol. The van der Waals surface area contributed by atoms with Gasteiger partial charge in [0.1, 0.15) is 5.82 Å². The molecule has 0 spiro atoms. The fourth-order valence-corrected chi connectivity index (χ4v) is 2.73.